The summed E-state index contributed by atoms with van der Waals surface area (Å²) in [6.07, 6.45) is 7.96. The number of esters is 1. The lowest BCUT2D eigenvalue weighted by Crippen LogP contribution is -2.34. The minimum atomic E-state index is -0.985. The lowest BCUT2D eigenvalue weighted by Gasteiger charge is -2.41. The van der Waals surface area contributed by atoms with E-state index in [1.54, 1.807) is 12.1 Å². The van der Waals surface area contributed by atoms with Crippen LogP contribution in [0, 0.1) is 16.2 Å². The molecule has 0 amide bonds. The number of hydrogen-bond acceptors (Lipinski definition) is 3. The highest BCUT2D eigenvalue weighted by atomic mass is 16.5. The van der Waals surface area contributed by atoms with Crippen LogP contribution < -0.4 is 4.74 Å². The third kappa shape index (κ3) is 4.33. The van der Waals surface area contributed by atoms with E-state index < -0.39 is 11.4 Å². The average Bonchev–Trinajstić information content (AvgIpc) is 3.10. The van der Waals surface area contributed by atoms with Crippen LogP contribution in [0.5, 0.6) is 5.75 Å². The first-order valence-electron chi connectivity index (χ1n) is 11.3. The molecule has 0 bridgehead atoms. The van der Waals surface area contributed by atoms with E-state index in [1.807, 2.05) is 0 Å². The van der Waals surface area contributed by atoms with Gasteiger partial charge in [-0.2, -0.15) is 0 Å². The Balaban J connectivity index is 1.88. The maximum atomic E-state index is 13.5. The van der Waals surface area contributed by atoms with Gasteiger partial charge >= 0.3 is 11.9 Å². The van der Waals surface area contributed by atoms with Crippen LogP contribution in [0.3, 0.4) is 0 Å². The summed E-state index contributed by atoms with van der Waals surface area (Å²) in [5.41, 5.74) is 2.86. The zero-order valence-corrected chi connectivity index (χ0v) is 19.1. The molecule has 0 unspecified atom stereocenters. The summed E-state index contributed by atoms with van der Waals surface area (Å²) >= 11 is 0. The number of rotatable bonds is 7. The molecular weight excluding hydrogens is 376 g/mol. The molecule has 1 N–H and O–H groups in total. The van der Waals surface area contributed by atoms with Crippen LogP contribution in [0.25, 0.3) is 0 Å². The first kappa shape index (κ1) is 22.6. The maximum absolute atomic E-state index is 13.5. The highest BCUT2D eigenvalue weighted by Crippen LogP contribution is 2.61. The Bertz CT molecular complexity index is 814. The van der Waals surface area contributed by atoms with Crippen LogP contribution in [-0.2, 0) is 4.79 Å². The SMILES string of the molecule is CCCCCC1(C(=O)Oc2ccc(C(=O)O)cc2)CC2=C(C1)C(C)(C)CCC2(C)C. The van der Waals surface area contributed by atoms with Gasteiger partial charge in [0.2, 0.25) is 0 Å². The van der Waals surface area contributed by atoms with E-state index in [2.05, 4.69) is 34.6 Å². The fourth-order valence-corrected chi connectivity index (χ4v) is 5.19. The zero-order valence-electron chi connectivity index (χ0n) is 19.1. The Labute approximate surface area is 180 Å². The quantitative estimate of drug-likeness (QED) is 0.232. The molecule has 1 aromatic rings. The number of benzene rings is 1. The Hall–Kier alpha value is -2.10. The molecular formula is C26H36O4. The van der Waals surface area contributed by atoms with Crippen LogP contribution >= 0.6 is 0 Å². The molecule has 164 valence electrons. The molecule has 4 heteroatoms. The predicted octanol–water partition coefficient (Wildman–Crippen LogP) is 6.79. The van der Waals surface area contributed by atoms with Gasteiger partial charge in [0.15, 0.2) is 0 Å². The average molecular weight is 413 g/mol. The molecule has 30 heavy (non-hydrogen) atoms. The van der Waals surface area contributed by atoms with Crippen LogP contribution in [0.15, 0.2) is 35.4 Å². The lowest BCUT2D eigenvalue weighted by molar-refractivity contribution is -0.146. The van der Waals surface area contributed by atoms with E-state index >= 15 is 0 Å². The molecule has 0 heterocycles. The topological polar surface area (TPSA) is 63.6 Å². The second kappa shape index (κ2) is 8.20. The second-order valence-corrected chi connectivity index (χ2v) is 10.5. The number of allylic oxidation sites excluding steroid dienone is 2. The fraction of sp³-hybridized carbons (Fsp3) is 0.615. The van der Waals surface area contributed by atoms with Crippen molar-refractivity contribution >= 4 is 11.9 Å². The van der Waals surface area contributed by atoms with E-state index in [0.717, 1.165) is 51.4 Å². The minimum absolute atomic E-state index is 0.126. The highest BCUT2D eigenvalue weighted by Gasteiger charge is 2.53. The van der Waals surface area contributed by atoms with Gasteiger partial charge in [-0.25, -0.2) is 4.79 Å². The number of carboxylic acids is 1. The maximum Gasteiger partial charge on any atom is 0.335 e. The van der Waals surface area contributed by atoms with Gasteiger partial charge in [0.1, 0.15) is 5.75 Å². The van der Waals surface area contributed by atoms with Gasteiger partial charge in [-0.3, -0.25) is 4.79 Å². The second-order valence-electron chi connectivity index (χ2n) is 10.5. The summed E-state index contributed by atoms with van der Waals surface area (Å²) < 4.78 is 5.85. The van der Waals surface area contributed by atoms with Crippen LogP contribution in [0.1, 0.15) is 96.3 Å². The van der Waals surface area contributed by atoms with Crippen molar-refractivity contribution < 1.29 is 19.4 Å². The molecule has 3 rings (SSSR count). The van der Waals surface area contributed by atoms with Crippen LogP contribution in [0.4, 0.5) is 0 Å². The van der Waals surface area contributed by atoms with Crippen LogP contribution in [-0.4, -0.2) is 17.0 Å². The summed E-state index contributed by atoms with van der Waals surface area (Å²) in [4.78, 5) is 24.6. The first-order chi connectivity index (χ1) is 14.0. The standard InChI is InChI=1S/C26H36O4/c1-6-7-8-13-26(23(29)30-19-11-9-18(10-12-19)22(27)28)16-20-21(17-26)25(4,5)15-14-24(20,2)3/h9-12H,6-8,13-17H2,1-5H3,(H,27,28). The van der Waals surface area contributed by atoms with E-state index in [1.165, 1.54) is 23.3 Å². The third-order valence-electron chi connectivity index (χ3n) is 7.41. The Morgan fingerprint density at radius 2 is 1.47 bits per heavy atom. The molecule has 0 saturated carbocycles. The molecule has 4 nitrogen and oxygen atoms in total. The van der Waals surface area contributed by atoms with E-state index in [0.29, 0.717) is 5.75 Å². The van der Waals surface area contributed by atoms with Gasteiger partial charge in [0, 0.05) is 0 Å². The van der Waals surface area contributed by atoms with Crippen molar-refractivity contribution in [2.75, 3.05) is 0 Å². The normalized spacial score (nSPS) is 21.2. The largest absolute Gasteiger partial charge is 0.478 e. The summed E-state index contributed by atoms with van der Waals surface area (Å²) in [6, 6.07) is 6.13. The van der Waals surface area contributed by atoms with Gasteiger partial charge in [0.05, 0.1) is 11.0 Å². The predicted molar refractivity (Wildman–Crippen MR) is 119 cm³/mol. The van der Waals surface area contributed by atoms with Gasteiger partial charge in [-0.1, -0.05) is 65.0 Å². The summed E-state index contributed by atoms with van der Waals surface area (Å²) in [5, 5.41) is 9.10. The number of hydrogen-bond donors (Lipinski definition) is 1. The molecule has 0 radical (unpaired) electrons. The van der Waals surface area contributed by atoms with Crippen molar-refractivity contribution in [2.45, 2.75) is 86.0 Å². The molecule has 0 aromatic heterocycles. The highest BCUT2D eigenvalue weighted by molar-refractivity contribution is 5.88. The number of ether oxygens (including phenoxy) is 1. The Kier molecular flexibility index (Phi) is 6.18. The van der Waals surface area contributed by atoms with Crippen molar-refractivity contribution in [1.82, 2.24) is 0 Å². The molecule has 1 aromatic carbocycles. The summed E-state index contributed by atoms with van der Waals surface area (Å²) in [5.74, 6) is -0.730. The zero-order chi connectivity index (χ0) is 22.2. The van der Waals surface area contributed by atoms with Crippen molar-refractivity contribution in [3.05, 3.63) is 41.0 Å². The molecule has 2 aliphatic rings. The number of carboxylic acid groups (broad SMARTS) is 1. The van der Waals surface area contributed by atoms with E-state index in [4.69, 9.17) is 9.84 Å². The molecule has 0 fully saturated rings. The number of carbonyl (C=O) groups excluding carboxylic acids is 1. The molecule has 0 spiro atoms. The summed E-state index contributed by atoms with van der Waals surface area (Å²) in [7, 11) is 0. The van der Waals surface area contributed by atoms with Crippen LogP contribution in [0.2, 0.25) is 0 Å². The van der Waals surface area contributed by atoms with E-state index in [-0.39, 0.29) is 22.4 Å². The molecule has 0 atom stereocenters. The van der Waals surface area contributed by atoms with E-state index in [9.17, 15) is 9.59 Å². The van der Waals surface area contributed by atoms with Crippen molar-refractivity contribution in [1.29, 1.82) is 0 Å². The lowest BCUT2D eigenvalue weighted by atomic mass is 9.64. The first-order valence-corrected chi connectivity index (χ1v) is 11.3. The van der Waals surface area contributed by atoms with Crippen molar-refractivity contribution in [2.24, 2.45) is 16.2 Å². The Morgan fingerprint density at radius 3 is 1.93 bits per heavy atom. The summed E-state index contributed by atoms with van der Waals surface area (Å²) in [6.45, 7) is 11.4. The molecule has 2 aliphatic carbocycles. The minimum Gasteiger partial charge on any atom is -0.478 e. The van der Waals surface area contributed by atoms with Gasteiger partial charge in [-0.15, -0.1) is 0 Å². The number of aromatic carboxylic acids is 1. The van der Waals surface area contributed by atoms with Gasteiger partial charge < -0.3 is 9.84 Å². The fourth-order valence-electron chi connectivity index (χ4n) is 5.19. The van der Waals surface area contributed by atoms with Crippen molar-refractivity contribution in [3.63, 3.8) is 0 Å². The monoisotopic (exact) mass is 412 g/mol. The van der Waals surface area contributed by atoms with Crippen molar-refractivity contribution in [3.8, 4) is 5.75 Å². The third-order valence-corrected chi connectivity index (χ3v) is 7.41. The molecule has 0 saturated heterocycles. The number of carbonyl (C=O) groups is 2. The Morgan fingerprint density at radius 1 is 0.933 bits per heavy atom. The number of unbranched alkanes of at least 4 members (excludes halogenated alkanes) is 2. The van der Waals surface area contributed by atoms with Gasteiger partial charge in [0.25, 0.3) is 0 Å². The smallest absolute Gasteiger partial charge is 0.335 e. The molecule has 0 aliphatic heterocycles. The van der Waals surface area contributed by atoms with Gasteiger partial charge in [-0.05, 0) is 67.2 Å².